The summed E-state index contributed by atoms with van der Waals surface area (Å²) in [4.78, 5) is 46.5. The van der Waals surface area contributed by atoms with Crippen molar-refractivity contribution in [3.63, 3.8) is 0 Å². The van der Waals surface area contributed by atoms with Crippen LogP contribution in [0.1, 0.15) is 39.0 Å². The lowest BCUT2D eigenvalue weighted by molar-refractivity contribution is -0.139. The summed E-state index contributed by atoms with van der Waals surface area (Å²) in [7, 11) is 0. The molecule has 2 saturated heterocycles. The van der Waals surface area contributed by atoms with E-state index in [1.165, 1.54) is 18.2 Å². The quantitative estimate of drug-likeness (QED) is 0.147. The largest absolute Gasteiger partial charge is 0.463 e. The Hall–Kier alpha value is -4.35. The van der Waals surface area contributed by atoms with Crippen molar-refractivity contribution in [3.05, 3.63) is 78.0 Å². The van der Waals surface area contributed by atoms with Crippen LogP contribution in [0.25, 0.3) is 11.3 Å². The predicted octanol–water partition coefficient (Wildman–Crippen LogP) is 6.29. The van der Waals surface area contributed by atoms with Crippen molar-refractivity contribution in [1.82, 2.24) is 14.8 Å². The van der Waals surface area contributed by atoms with Gasteiger partial charge in [0, 0.05) is 60.8 Å². The number of ether oxygens (including phenoxy) is 3. The van der Waals surface area contributed by atoms with Crippen LogP contribution in [0.4, 0.5) is 22.8 Å². The highest BCUT2D eigenvalue weighted by molar-refractivity contribution is 5.89. The third-order valence-corrected chi connectivity index (χ3v) is 7.58. The molecule has 0 bridgehead atoms. The Balaban J connectivity index is 1.62. The molecule has 3 heterocycles. The zero-order valence-corrected chi connectivity index (χ0v) is 25.9. The number of esters is 1. The zero-order valence-electron chi connectivity index (χ0n) is 25.9. The van der Waals surface area contributed by atoms with E-state index in [0.29, 0.717) is 42.2 Å². The molecule has 0 N–H and O–H groups in total. The Morgan fingerprint density at radius 3 is 2.27 bits per heavy atom. The van der Waals surface area contributed by atoms with Crippen molar-refractivity contribution >= 4 is 18.2 Å². The van der Waals surface area contributed by atoms with E-state index in [2.05, 4.69) is 11.6 Å². The first-order valence-electron chi connectivity index (χ1n) is 14.7. The summed E-state index contributed by atoms with van der Waals surface area (Å²) >= 11 is 0. The van der Waals surface area contributed by atoms with E-state index in [-0.39, 0.29) is 32.1 Å². The van der Waals surface area contributed by atoms with Crippen LogP contribution in [0.3, 0.4) is 0 Å². The van der Waals surface area contributed by atoms with Gasteiger partial charge in [-0.05, 0) is 52.0 Å². The minimum Gasteiger partial charge on any atom is -0.463 e. The molecule has 2 aromatic rings. The molecule has 1 atom stereocenters. The van der Waals surface area contributed by atoms with Crippen LogP contribution in [0.2, 0.25) is 0 Å². The molecule has 1 unspecified atom stereocenters. The second-order valence-electron chi connectivity index (χ2n) is 12.2. The number of likely N-dealkylation sites (tertiary alicyclic amines) is 2. The second-order valence-corrected chi connectivity index (χ2v) is 12.2. The Morgan fingerprint density at radius 2 is 1.67 bits per heavy atom. The number of alkyl halides is 3. The number of halogens is 3. The average molecular weight is 630 g/mol. The topological polar surface area (TPSA) is 98.3 Å². The number of pyridine rings is 1. The summed E-state index contributed by atoms with van der Waals surface area (Å²) in [6.07, 6.45) is -2.09. The maximum atomic E-state index is 13.2. The van der Waals surface area contributed by atoms with E-state index in [0.717, 1.165) is 12.1 Å². The van der Waals surface area contributed by atoms with E-state index in [1.54, 1.807) is 61.8 Å². The highest BCUT2D eigenvalue weighted by atomic mass is 19.4. The lowest BCUT2D eigenvalue weighted by Crippen LogP contribution is -2.62. The van der Waals surface area contributed by atoms with Crippen molar-refractivity contribution < 1.29 is 41.8 Å². The number of carbonyl (C=O) groups is 3. The van der Waals surface area contributed by atoms with E-state index < -0.39 is 40.9 Å². The Labute approximate surface area is 260 Å². The number of amides is 2. The molecule has 2 fully saturated rings. The van der Waals surface area contributed by atoms with Gasteiger partial charge in [0.2, 0.25) is 0 Å². The van der Waals surface area contributed by atoms with Gasteiger partial charge in [-0.25, -0.2) is 14.4 Å². The third kappa shape index (κ3) is 8.23. The van der Waals surface area contributed by atoms with E-state index in [1.807, 2.05) is 0 Å². The highest BCUT2D eigenvalue weighted by Gasteiger charge is 2.56. The van der Waals surface area contributed by atoms with E-state index >= 15 is 0 Å². The number of benzene rings is 1. The number of hydrogen-bond acceptors (Lipinski definition) is 7. The summed E-state index contributed by atoms with van der Waals surface area (Å²) in [6.45, 7) is 12.0. The molecule has 1 aromatic carbocycles. The minimum atomic E-state index is -4.45. The van der Waals surface area contributed by atoms with Gasteiger partial charge < -0.3 is 24.0 Å². The normalized spacial score (nSPS) is 17.9. The van der Waals surface area contributed by atoms with Crippen LogP contribution in [-0.2, 0) is 31.6 Å². The highest BCUT2D eigenvalue weighted by Crippen LogP contribution is 2.46. The van der Waals surface area contributed by atoms with Gasteiger partial charge in [-0.2, -0.15) is 13.2 Å². The molecular weight excluding hydrogens is 591 g/mol. The number of hydrogen-bond donors (Lipinski definition) is 0. The van der Waals surface area contributed by atoms with Gasteiger partial charge in [0.25, 0.3) is 0 Å². The molecular formula is C33H38F3N3O6. The molecule has 242 valence electrons. The molecule has 1 spiro atoms. The van der Waals surface area contributed by atoms with Crippen LogP contribution in [0.5, 0.6) is 0 Å². The van der Waals surface area contributed by atoms with Crippen LogP contribution < -0.4 is 0 Å². The van der Waals surface area contributed by atoms with Crippen molar-refractivity contribution in [2.45, 2.75) is 45.9 Å². The summed E-state index contributed by atoms with van der Waals surface area (Å²) in [6, 6.07) is 9.82. The third-order valence-electron chi connectivity index (χ3n) is 7.58. The molecule has 0 radical (unpaired) electrons. The summed E-state index contributed by atoms with van der Waals surface area (Å²) in [5, 5.41) is 0. The first-order valence-corrected chi connectivity index (χ1v) is 14.7. The SMILES string of the molecule is C=CCOC(=O)N1CC(/C=C(/Cc2cccc(-c3ccc(C(F)(F)F)cc3)n2)C(=O)OCC)C2(C1)CN(C(=O)OC(C)(C)C)C2. The molecule has 9 nitrogen and oxygen atoms in total. The molecule has 0 aliphatic carbocycles. The molecule has 2 aliphatic rings. The summed E-state index contributed by atoms with van der Waals surface area (Å²) in [5.74, 6) is -0.879. The fourth-order valence-corrected chi connectivity index (χ4v) is 5.52. The lowest BCUT2D eigenvalue weighted by atomic mass is 9.71. The van der Waals surface area contributed by atoms with Gasteiger partial charge in [-0.3, -0.25) is 4.98 Å². The van der Waals surface area contributed by atoms with Gasteiger partial charge in [0.15, 0.2) is 0 Å². The van der Waals surface area contributed by atoms with Gasteiger partial charge in [0.1, 0.15) is 12.2 Å². The van der Waals surface area contributed by atoms with Crippen molar-refractivity contribution in [2.24, 2.45) is 11.3 Å². The fourth-order valence-electron chi connectivity index (χ4n) is 5.52. The average Bonchev–Trinajstić information content (AvgIpc) is 3.33. The van der Waals surface area contributed by atoms with E-state index in [4.69, 9.17) is 14.2 Å². The van der Waals surface area contributed by atoms with Crippen LogP contribution in [-0.4, -0.2) is 77.9 Å². The summed E-state index contributed by atoms with van der Waals surface area (Å²) < 4.78 is 55.3. The minimum absolute atomic E-state index is 0.0435. The van der Waals surface area contributed by atoms with Gasteiger partial charge in [0.05, 0.1) is 17.9 Å². The van der Waals surface area contributed by atoms with E-state index in [9.17, 15) is 27.6 Å². The molecule has 1 aromatic heterocycles. The first-order chi connectivity index (χ1) is 21.1. The van der Waals surface area contributed by atoms with Crippen molar-refractivity contribution in [3.8, 4) is 11.3 Å². The Morgan fingerprint density at radius 1 is 1.00 bits per heavy atom. The standard InChI is InChI=1S/C33H38F3N3O6/c1-6-15-44-29(41)38-18-25(32(19-38)20-39(21-32)30(42)45-31(3,4)5)16-23(28(40)43-7-2)17-26-9-8-10-27(37-26)22-11-13-24(14-12-22)33(34,35)36/h6,8-14,16,25H,1,7,15,17-21H2,2-5H3/b23-16-. The smallest absolute Gasteiger partial charge is 0.416 e. The van der Waals surface area contributed by atoms with Crippen molar-refractivity contribution in [2.75, 3.05) is 39.4 Å². The first kappa shape index (κ1) is 33.5. The van der Waals surface area contributed by atoms with Gasteiger partial charge in [-0.15, -0.1) is 0 Å². The number of aromatic nitrogens is 1. The van der Waals surface area contributed by atoms with Crippen LogP contribution >= 0.6 is 0 Å². The van der Waals surface area contributed by atoms with Gasteiger partial charge >= 0.3 is 24.3 Å². The fraction of sp³-hybridized carbons (Fsp3) is 0.455. The maximum Gasteiger partial charge on any atom is 0.416 e. The molecule has 0 saturated carbocycles. The Kier molecular flexibility index (Phi) is 9.94. The Bertz CT molecular complexity index is 1440. The monoisotopic (exact) mass is 629 g/mol. The maximum absolute atomic E-state index is 13.2. The second kappa shape index (κ2) is 13.3. The molecule has 2 aliphatic heterocycles. The number of carbonyl (C=O) groups excluding carboxylic acids is 3. The van der Waals surface area contributed by atoms with Crippen molar-refractivity contribution in [1.29, 1.82) is 0 Å². The van der Waals surface area contributed by atoms with Gasteiger partial charge in [-0.1, -0.05) is 36.9 Å². The number of rotatable bonds is 8. The predicted molar refractivity (Wildman–Crippen MR) is 160 cm³/mol. The zero-order chi connectivity index (χ0) is 33.0. The lowest BCUT2D eigenvalue weighted by Gasteiger charge is -2.50. The van der Waals surface area contributed by atoms with Crippen LogP contribution in [0, 0.1) is 11.3 Å². The molecule has 2 amide bonds. The molecule has 4 rings (SSSR count). The number of nitrogens with zero attached hydrogens (tertiary/aromatic N) is 3. The molecule has 45 heavy (non-hydrogen) atoms. The summed E-state index contributed by atoms with van der Waals surface area (Å²) in [5.41, 5.74) is -0.216. The molecule has 12 heteroatoms. The van der Waals surface area contributed by atoms with Crippen LogP contribution in [0.15, 0.2) is 66.8 Å².